The lowest BCUT2D eigenvalue weighted by atomic mass is 9.88. The highest BCUT2D eigenvalue weighted by molar-refractivity contribution is 6.10. The van der Waals surface area contributed by atoms with Crippen LogP contribution in [0.1, 0.15) is 28.9 Å². The minimum Gasteiger partial charge on any atom is -0.508 e. The highest BCUT2D eigenvalue weighted by Gasteiger charge is 2.32. The quantitative estimate of drug-likeness (QED) is 0.687. The van der Waals surface area contributed by atoms with E-state index in [1.54, 1.807) is 23.1 Å². The van der Waals surface area contributed by atoms with Crippen LogP contribution in [0, 0.1) is 5.82 Å². The van der Waals surface area contributed by atoms with E-state index in [0.717, 1.165) is 16.7 Å². The number of carbonyl (C=O) groups is 1. The van der Waals surface area contributed by atoms with Gasteiger partial charge in [0.15, 0.2) is 0 Å². The summed E-state index contributed by atoms with van der Waals surface area (Å²) in [6, 6.07) is 18.3. The van der Waals surface area contributed by atoms with Gasteiger partial charge >= 0.3 is 0 Å². The molecular weight excluding hydrogens is 317 g/mol. The Morgan fingerprint density at radius 3 is 2.48 bits per heavy atom. The molecule has 0 fully saturated rings. The number of aromatic hydroxyl groups is 1. The van der Waals surface area contributed by atoms with Crippen molar-refractivity contribution in [2.24, 2.45) is 0 Å². The summed E-state index contributed by atoms with van der Waals surface area (Å²) in [7, 11) is 0. The Labute approximate surface area is 145 Å². The van der Waals surface area contributed by atoms with Crippen LogP contribution in [0.3, 0.4) is 0 Å². The fraction of sp³-hybridized carbons (Fsp3) is 0.0952. The molecule has 1 aliphatic rings. The first-order valence-electron chi connectivity index (χ1n) is 8.07. The molecule has 0 spiro atoms. The van der Waals surface area contributed by atoms with Crippen molar-refractivity contribution in [1.29, 1.82) is 0 Å². The summed E-state index contributed by atoms with van der Waals surface area (Å²) in [4.78, 5) is 14.7. The zero-order valence-corrected chi connectivity index (χ0v) is 13.6. The van der Waals surface area contributed by atoms with Gasteiger partial charge in [0.2, 0.25) is 0 Å². The maximum atomic E-state index is 13.9. The van der Waals surface area contributed by atoms with Gasteiger partial charge in [-0.3, -0.25) is 4.79 Å². The number of hydrogen-bond acceptors (Lipinski definition) is 2. The van der Waals surface area contributed by atoms with Gasteiger partial charge in [0.1, 0.15) is 11.6 Å². The molecule has 0 unspecified atom stereocenters. The second-order valence-electron chi connectivity index (χ2n) is 6.15. The van der Waals surface area contributed by atoms with E-state index in [2.05, 4.69) is 0 Å². The van der Waals surface area contributed by atoms with E-state index in [9.17, 15) is 14.3 Å². The minimum atomic E-state index is -0.381. The molecular formula is C21H16FNO2. The molecule has 25 heavy (non-hydrogen) atoms. The van der Waals surface area contributed by atoms with Crippen LogP contribution in [0.15, 0.2) is 66.7 Å². The smallest absolute Gasteiger partial charge is 0.258 e. The molecule has 1 N–H and O–H groups in total. The number of phenols is 1. The van der Waals surface area contributed by atoms with Crippen LogP contribution in [-0.4, -0.2) is 11.0 Å². The second-order valence-corrected chi connectivity index (χ2v) is 6.15. The number of amides is 1. The maximum Gasteiger partial charge on any atom is 0.258 e. The average Bonchev–Trinajstić information content (AvgIpc) is 2.62. The van der Waals surface area contributed by atoms with Crippen LogP contribution in [0.2, 0.25) is 0 Å². The van der Waals surface area contributed by atoms with Gasteiger partial charge in [-0.15, -0.1) is 0 Å². The maximum absolute atomic E-state index is 13.9. The van der Waals surface area contributed by atoms with Crippen molar-refractivity contribution in [1.82, 2.24) is 0 Å². The highest BCUT2D eigenvalue weighted by Crippen LogP contribution is 2.45. The third kappa shape index (κ3) is 2.47. The third-order valence-corrected chi connectivity index (χ3v) is 4.64. The van der Waals surface area contributed by atoms with E-state index < -0.39 is 0 Å². The summed E-state index contributed by atoms with van der Waals surface area (Å²) in [5.41, 5.74) is 3.87. The van der Waals surface area contributed by atoms with Crippen molar-refractivity contribution in [3.8, 4) is 16.9 Å². The van der Waals surface area contributed by atoms with Crippen molar-refractivity contribution in [2.75, 3.05) is 4.90 Å². The number of halogens is 1. The molecule has 1 aliphatic heterocycles. The van der Waals surface area contributed by atoms with E-state index >= 15 is 0 Å². The van der Waals surface area contributed by atoms with Gasteiger partial charge in [0.05, 0.1) is 11.7 Å². The average molecular weight is 333 g/mol. The first-order valence-corrected chi connectivity index (χ1v) is 8.07. The zero-order valence-electron chi connectivity index (χ0n) is 13.6. The first-order chi connectivity index (χ1) is 12.1. The fourth-order valence-corrected chi connectivity index (χ4v) is 3.41. The molecule has 1 heterocycles. The lowest BCUT2D eigenvalue weighted by Gasteiger charge is -2.37. The van der Waals surface area contributed by atoms with Crippen LogP contribution in [0.25, 0.3) is 11.1 Å². The van der Waals surface area contributed by atoms with Gasteiger partial charge in [-0.05, 0) is 60.5 Å². The molecule has 4 rings (SSSR count). The van der Waals surface area contributed by atoms with Crippen LogP contribution in [0.5, 0.6) is 5.75 Å². The van der Waals surface area contributed by atoms with Crippen molar-refractivity contribution >= 4 is 11.6 Å². The molecule has 124 valence electrons. The van der Waals surface area contributed by atoms with E-state index in [1.807, 2.05) is 31.2 Å². The molecule has 0 aliphatic carbocycles. The van der Waals surface area contributed by atoms with Gasteiger partial charge < -0.3 is 10.0 Å². The van der Waals surface area contributed by atoms with Crippen molar-refractivity contribution in [3.05, 3.63) is 83.7 Å². The molecule has 3 aromatic rings. The number of benzene rings is 3. The van der Waals surface area contributed by atoms with Crippen LogP contribution < -0.4 is 4.90 Å². The molecule has 0 aromatic heterocycles. The van der Waals surface area contributed by atoms with Gasteiger partial charge in [0, 0.05) is 11.1 Å². The minimum absolute atomic E-state index is 0.0973. The summed E-state index contributed by atoms with van der Waals surface area (Å²) in [5.74, 6) is -0.511. The topological polar surface area (TPSA) is 40.5 Å². The Hall–Kier alpha value is -3.14. The van der Waals surface area contributed by atoms with Gasteiger partial charge in [-0.2, -0.15) is 0 Å². The van der Waals surface area contributed by atoms with Crippen LogP contribution >= 0.6 is 0 Å². The molecule has 0 saturated carbocycles. The molecule has 1 amide bonds. The van der Waals surface area contributed by atoms with E-state index in [0.29, 0.717) is 11.3 Å². The molecule has 0 bridgehead atoms. The Morgan fingerprint density at radius 2 is 1.72 bits per heavy atom. The zero-order chi connectivity index (χ0) is 17.6. The van der Waals surface area contributed by atoms with Gasteiger partial charge in [0.25, 0.3) is 5.91 Å². The van der Waals surface area contributed by atoms with Crippen molar-refractivity contribution < 1.29 is 14.3 Å². The van der Waals surface area contributed by atoms with Crippen molar-refractivity contribution in [2.45, 2.75) is 13.0 Å². The Kier molecular flexibility index (Phi) is 3.53. The van der Waals surface area contributed by atoms with Crippen molar-refractivity contribution in [3.63, 3.8) is 0 Å². The molecule has 3 aromatic carbocycles. The molecule has 1 atom stereocenters. The number of phenolic OH excluding ortho intramolecular Hbond substituents is 1. The predicted molar refractivity (Wildman–Crippen MR) is 95.2 cm³/mol. The van der Waals surface area contributed by atoms with E-state index in [1.165, 1.54) is 24.3 Å². The van der Waals surface area contributed by atoms with E-state index in [-0.39, 0.29) is 23.5 Å². The predicted octanol–water partition coefficient (Wildman–Crippen LogP) is 4.92. The standard InChI is InChI=1S/C21H16FNO2/c1-13-17-4-2-3-5-18(17)19-11-8-15(22)12-20(19)23(13)21(25)14-6-9-16(24)10-7-14/h2-13,24H,1H3/t13-/m1/s1. The number of carbonyl (C=O) groups excluding carboxylic acids is 1. The highest BCUT2D eigenvalue weighted by atomic mass is 19.1. The largest absolute Gasteiger partial charge is 0.508 e. The number of hydrogen-bond donors (Lipinski definition) is 1. The summed E-state index contributed by atoms with van der Waals surface area (Å²) < 4.78 is 13.9. The molecule has 3 nitrogen and oxygen atoms in total. The first kappa shape index (κ1) is 15.4. The van der Waals surface area contributed by atoms with Gasteiger partial charge in [-0.1, -0.05) is 24.3 Å². The summed E-state index contributed by atoms with van der Waals surface area (Å²) in [5, 5.41) is 9.45. The summed E-state index contributed by atoms with van der Waals surface area (Å²) in [6.07, 6.45) is 0. The Balaban J connectivity index is 1.90. The number of fused-ring (bicyclic) bond motifs is 3. The summed E-state index contributed by atoms with van der Waals surface area (Å²) >= 11 is 0. The SMILES string of the molecule is C[C@@H]1c2ccccc2-c2ccc(F)cc2N1C(=O)c1ccc(O)cc1. The lowest BCUT2D eigenvalue weighted by Crippen LogP contribution is -2.36. The fourth-order valence-electron chi connectivity index (χ4n) is 3.41. The molecule has 0 saturated heterocycles. The van der Waals surface area contributed by atoms with Crippen LogP contribution in [-0.2, 0) is 0 Å². The normalized spacial score (nSPS) is 15.4. The molecule has 0 radical (unpaired) electrons. The van der Waals surface area contributed by atoms with Gasteiger partial charge in [-0.25, -0.2) is 4.39 Å². The Morgan fingerprint density at radius 1 is 1.00 bits per heavy atom. The lowest BCUT2D eigenvalue weighted by molar-refractivity contribution is 0.0978. The number of rotatable bonds is 1. The summed E-state index contributed by atoms with van der Waals surface area (Å²) in [6.45, 7) is 1.94. The number of anilines is 1. The van der Waals surface area contributed by atoms with E-state index in [4.69, 9.17) is 0 Å². The second kappa shape index (κ2) is 5.74. The van der Waals surface area contributed by atoms with Crippen LogP contribution in [0.4, 0.5) is 10.1 Å². The number of nitrogens with zero attached hydrogens (tertiary/aromatic N) is 1. The molecule has 4 heteroatoms. The monoisotopic (exact) mass is 333 g/mol. The third-order valence-electron chi connectivity index (χ3n) is 4.64. The Bertz CT molecular complexity index is 966.